The van der Waals surface area contributed by atoms with E-state index in [1.54, 1.807) is 12.4 Å². The maximum absolute atomic E-state index is 12.6. The molecule has 0 bridgehead atoms. The second kappa shape index (κ2) is 8.00. The van der Waals surface area contributed by atoms with E-state index in [4.69, 9.17) is 5.73 Å². The molecule has 0 saturated carbocycles. The largest absolute Gasteiger partial charge is 0.433 e. The third-order valence-electron chi connectivity index (χ3n) is 4.49. The van der Waals surface area contributed by atoms with Crippen molar-refractivity contribution in [3.63, 3.8) is 0 Å². The molecule has 0 saturated heterocycles. The molecule has 156 valence electrons. The van der Waals surface area contributed by atoms with Crippen LogP contribution >= 0.6 is 11.3 Å². The molecular weight excluding hydrogens is 417 g/mol. The van der Waals surface area contributed by atoms with E-state index < -0.39 is 11.9 Å². The van der Waals surface area contributed by atoms with Crippen molar-refractivity contribution in [2.24, 2.45) is 5.73 Å². The van der Waals surface area contributed by atoms with E-state index >= 15 is 0 Å². The molecule has 7 nitrogen and oxygen atoms in total. The normalized spacial score (nSPS) is 14.3. The van der Waals surface area contributed by atoms with E-state index in [1.807, 2.05) is 6.07 Å². The van der Waals surface area contributed by atoms with Gasteiger partial charge in [-0.05, 0) is 24.1 Å². The summed E-state index contributed by atoms with van der Waals surface area (Å²) in [7, 11) is 0. The van der Waals surface area contributed by atoms with Gasteiger partial charge in [-0.3, -0.25) is 9.78 Å². The van der Waals surface area contributed by atoms with Crippen LogP contribution in [0.15, 0.2) is 36.8 Å². The van der Waals surface area contributed by atoms with Crippen molar-refractivity contribution in [1.82, 2.24) is 15.0 Å². The molecule has 3 aromatic heterocycles. The molecule has 0 fully saturated rings. The third kappa shape index (κ3) is 4.57. The van der Waals surface area contributed by atoms with Crippen molar-refractivity contribution in [3.8, 4) is 10.4 Å². The fraction of sp³-hybridized carbons (Fsp3) is 0.263. The Balaban J connectivity index is 1.33. The van der Waals surface area contributed by atoms with Gasteiger partial charge in [0.05, 0.1) is 11.3 Å². The first-order chi connectivity index (χ1) is 14.3. The predicted octanol–water partition coefficient (Wildman–Crippen LogP) is 3.10. The van der Waals surface area contributed by atoms with E-state index in [1.165, 1.54) is 23.6 Å². The molecule has 30 heavy (non-hydrogen) atoms. The molecule has 0 spiro atoms. The van der Waals surface area contributed by atoms with Crippen molar-refractivity contribution in [2.45, 2.75) is 25.1 Å². The van der Waals surface area contributed by atoms with Crippen LogP contribution in [0, 0.1) is 0 Å². The third-order valence-corrected chi connectivity index (χ3v) is 5.50. The van der Waals surface area contributed by atoms with Gasteiger partial charge in [0.2, 0.25) is 5.91 Å². The Morgan fingerprint density at radius 2 is 2.03 bits per heavy atom. The Bertz CT molecular complexity index is 1070. The van der Waals surface area contributed by atoms with Crippen molar-refractivity contribution >= 4 is 28.2 Å². The van der Waals surface area contributed by atoms with Gasteiger partial charge in [0.15, 0.2) is 5.13 Å². The summed E-state index contributed by atoms with van der Waals surface area (Å²) in [5.41, 5.74) is 7.52. The summed E-state index contributed by atoms with van der Waals surface area (Å²) >= 11 is 1.42. The molecule has 4 rings (SSSR count). The monoisotopic (exact) mass is 434 g/mol. The number of pyridine rings is 2. The van der Waals surface area contributed by atoms with Crippen LogP contribution in [0.3, 0.4) is 0 Å². The van der Waals surface area contributed by atoms with Gasteiger partial charge in [-0.1, -0.05) is 17.4 Å². The number of hydrogen-bond acceptors (Lipinski definition) is 7. The van der Waals surface area contributed by atoms with Gasteiger partial charge in [-0.15, -0.1) is 0 Å². The zero-order valence-corrected chi connectivity index (χ0v) is 16.3. The summed E-state index contributed by atoms with van der Waals surface area (Å²) in [6.45, 7) is 0.398. The molecule has 4 heterocycles. The lowest BCUT2D eigenvalue weighted by molar-refractivity contribution is -0.141. The number of thiazole rings is 1. The number of halogens is 3. The average Bonchev–Trinajstić information content (AvgIpc) is 3.31. The second-order valence-electron chi connectivity index (χ2n) is 6.88. The van der Waals surface area contributed by atoms with E-state index in [9.17, 15) is 18.0 Å². The number of carbonyl (C=O) groups excluding carboxylic acids is 1. The number of alkyl halides is 3. The summed E-state index contributed by atoms with van der Waals surface area (Å²) in [5.74, 6) is 0.522. The second-order valence-corrected chi connectivity index (χ2v) is 7.91. The first-order valence-electron chi connectivity index (χ1n) is 9.04. The standard InChI is InChI=1S/C19H17F3N6OS/c20-19(21,22)15-2-1-10(6-24-15)3-13(23)8-26-18-27-9-14(30-18)12-4-11-5-16(29)28-17(11)25-7-12/h1-2,4,6-7,9,13H,3,5,8,23H2,(H,26,27)(H,25,28,29). The predicted molar refractivity (Wildman–Crippen MR) is 107 cm³/mol. The van der Waals surface area contributed by atoms with Crippen LogP contribution < -0.4 is 16.4 Å². The fourth-order valence-corrected chi connectivity index (χ4v) is 3.84. The average molecular weight is 434 g/mol. The zero-order valence-electron chi connectivity index (χ0n) is 15.5. The van der Waals surface area contributed by atoms with Gasteiger partial charge in [-0.2, -0.15) is 13.2 Å². The highest BCUT2D eigenvalue weighted by molar-refractivity contribution is 7.18. The van der Waals surface area contributed by atoms with Crippen molar-refractivity contribution in [3.05, 3.63) is 53.6 Å². The summed E-state index contributed by atoms with van der Waals surface area (Å²) < 4.78 is 37.7. The SMILES string of the molecule is NC(CNc1ncc(-c2cnc3c(c2)CC(=O)N3)s1)Cc1ccc(C(F)(F)F)nc1. The van der Waals surface area contributed by atoms with Crippen LogP contribution in [0.1, 0.15) is 16.8 Å². The van der Waals surface area contributed by atoms with E-state index in [0.717, 1.165) is 22.1 Å². The number of aromatic nitrogens is 3. The molecule has 3 aromatic rings. The Hall–Kier alpha value is -3.05. The van der Waals surface area contributed by atoms with Gasteiger partial charge in [-0.25, -0.2) is 9.97 Å². The highest BCUT2D eigenvalue weighted by atomic mass is 32.1. The highest BCUT2D eigenvalue weighted by Gasteiger charge is 2.32. The van der Waals surface area contributed by atoms with Crippen LogP contribution in [0.25, 0.3) is 10.4 Å². The van der Waals surface area contributed by atoms with Crippen LogP contribution in [-0.4, -0.2) is 33.4 Å². The molecule has 0 aliphatic carbocycles. The summed E-state index contributed by atoms with van der Waals surface area (Å²) in [4.78, 5) is 24.4. The van der Waals surface area contributed by atoms with Gasteiger partial charge >= 0.3 is 6.18 Å². The Morgan fingerprint density at radius 1 is 1.20 bits per heavy atom. The lowest BCUT2D eigenvalue weighted by Crippen LogP contribution is -2.31. The van der Waals surface area contributed by atoms with Gasteiger partial charge in [0.25, 0.3) is 0 Å². The van der Waals surface area contributed by atoms with E-state index in [0.29, 0.717) is 35.9 Å². The molecule has 0 aromatic carbocycles. The number of nitrogens with one attached hydrogen (secondary N) is 2. The number of nitrogens with two attached hydrogens (primary N) is 1. The number of carbonyl (C=O) groups is 1. The quantitative estimate of drug-likeness (QED) is 0.551. The molecule has 0 radical (unpaired) electrons. The maximum atomic E-state index is 12.6. The van der Waals surface area contributed by atoms with E-state index in [-0.39, 0.29) is 11.9 Å². The molecule has 11 heteroatoms. The number of rotatable bonds is 6. The van der Waals surface area contributed by atoms with Crippen LogP contribution in [0.5, 0.6) is 0 Å². The minimum absolute atomic E-state index is 0.0708. The minimum Gasteiger partial charge on any atom is -0.360 e. The number of fused-ring (bicyclic) bond motifs is 1. The summed E-state index contributed by atoms with van der Waals surface area (Å²) in [6, 6.07) is 3.93. The number of anilines is 2. The Labute approximate surface area is 173 Å². The molecule has 1 amide bonds. The van der Waals surface area contributed by atoms with Gasteiger partial charge < -0.3 is 16.4 Å². The van der Waals surface area contributed by atoms with Crippen molar-refractivity contribution < 1.29 is 18.0 Å². The number of hydrogen-bond donors (Lipinski definition) is 3. The molecule has 1 aliphatic heterocycles. The zero-order chi connectivity index (χ0) is 21.3. The molecule has 1 aliphatic rings. The van der Waals surface area contributed by atoms with Crippen LogP contribution in [0.4, 0.5) is 24.1 Å². The summed E-state index contributed by atoms with van der Waals surface area (Å²) in [5, 5.41) is 6.51. The van der Waals surface area contributed by atoms with Crippen molar-refractivity contribution in [2.75, 3.05) is 17.2 Å². The smallest absolute Gasteiger partial charge is 0.360 e. The Morgan fingerprint density at radius 3 is 2.77 bits per heavy atom. The van der Waals surface area contributed by atoms with Gasteiger partial charge in [0.1, 0.15) is 11.5 Å². The molecule has 1 atom stereocenters. The summed E-state index contributed by atoms with van der Waals surface area (Å²) in [6.07, 6.45) is 0.840. The lowest BCUT2D eigenvalue weighted by atomic mass is 10.1. The lowest BCUT2D eigenvalue weighted by Gasteiger charge is -2.12. The first-order valence-corrected chi connectivity index (χ1v) is 9.86. The number of nitrogens with zero attached hydrogens (tertiary/aromatic N) is 3. The maximum Gasteiger partial charge on any atom is 0.433 e. The first kappa shape index (κ1) is 20.2. The fourth-order valence-electron chi connectivity index (χ4n) is 3.04. The highest BCUT2D eigenvalue weighted by Crippen LogP contribution is 2.32. The molecule has 1 unspecified atom stereocenters. The van der Waals surface area contributed by atoms with Crippen LogP contribution in [-0.2, 0) is 23.8 Å². The molecule has 4 N–H and O–H groups in total. The van der Waals surface area contributed by atoms with Crippen molar-refractivity contribution in [1.29, 1.82) is 0 Å². The minimum atomic E-state index is -4.45. The topological polar surface area (TPSA) is 106 Å². The Kier molecular flexibility index (Phi) is 5.39. The molecular formula is C19H17F3N6OS. The van der Waals surface area contributed by atoms with E-state index in [2.05, 4.69) is 25.6 Å². The van der Waals surface area contributed by atoms with Crippen LogP contribution in [0.2, 0.25) is 0 Å². The number of amides is 1. The van der Waals surface area contributed by atoms with Gasteiger partial charge in [0, 0.05) is 42.3 Å².